The van der Waals surface area contributed by atoms with E-state index in [4.69, 9.17) is 4.74 Å². The summed E-state index contributed by atoms with van der Waals surface area (Å²) in [7, 11) is 0. The van der Waals surface area contributed by atoms with Crippen molar-refractivity contribution in [2.45, 2.75) is 31.7 Å². The van der Waals surface area contributed by atoms with Crippen LogP contribution < -0.4 is 10.2 Å². The molecule has 0 spiro atoms. The van der Waals surface area contributed by atoms with Crippen molar-refractivity contribution in [2.24, 2.45) is 5.92 Å². The zero-order valence-electron chi connectivity index (χ0n) is 13.7. The van der Waals surface area contributed by atoms with E-state index in [1.54, 1.807) is 12.4 Å². The smallest absolute Gasteiger partial charge is 0.225 e. The maximum absolute atomic E-state index is 12.6. The van der Waals surface area contributed by atoms with Crippen LogP contribution in [0.4, 0.5) is 5.82 Å². The van der Waals surface area contributed by atoms with Crippen molar-refractivity contribution in [1.82, 2.24) is 19.9 Å². The molecule has 1 N–H and O–H groups in total. The lowest BCUT2D eigenvalue weighted by atomic mass is 9.96. The molecule has 7 nitrogen and oxygen atoms in total. The molecule has 2 aromatic rings. The van der Waals surface area contributed by atoms with Gasteiger partial charge in [-0.05, 0) is 31.7 Å². The van der Waals surface area contributed by atoms with Crippen molar-refractivity contribution in [3.8, 4) is 0 Å². The normalized spacial score (nSPS) is 22.7. The second-order valence-electron chi connectivity index (χ2n) is 6.59. The molecule has 2 fully saturated rings. The quantitative estimate of drug-likeness (QED) is 0.917. The molecule has 2 aliphatic heterocycles. The number of rotatable bonds is 3. The monoisotopic (exact) mass is 329 g/mol. The summed E-state index contributed by atoms with van der Waals surface area (Å²) in [6.07, 6.45) is 9.16. The van der Waals surface area contributed by atoms with Crippen LogP contribution in [0.25, 0.3) is 5.52 Å². The number of nitrogens with zero attached hydrogens (tertiary/aromatic N) is 4. The number of piperidine rings is 1. The first-order valence-electron chi connectivity index (χ1n) is 8.73. The molecule has 0 aromatic carbocycles. The van der Waals surface area contributed by atoms with Gasteiger partial charge in [0.1, 0.15) is 5.52 Å². The zero-order chi connectivity index (χ0) is 16.4. The van der Waals surface area contributed by atoms with E-state index in [1.165, 1.54) is 0 Å². The molecule has 128 valence electrons. The fourth-order valence-corrected chi connectivity index (χ4v) is 3.63. The minimum atomic E-state index is 0.0200. The van der Waals surface area contributed by atoms with Crippen molar-refractivity contribution >= 4 is 17.2 Å². The molecule has 4 rings (SSSR count). The summed E-state index contributed by atoms with van der Waals surface area (Å²) in [5, 5.41) is 7.47. The van der Waals surface area contributed by atoms with Gasteiger partial charge in [0.25, 0.3) is 0 Å². The van der Waals surface area contributed by atoms with Gasteiger partial charge in [-0.25, -0.2) is 9.50 Å². The van der Waals surface area contributed by atoms with Crippen LogP contribution in [0.1, 0.15) is 25.7 Å². The van der Waals surface area contributed by atoms with Gasteiger partial charge in [0.15, 0.2) is 5.82 Å². The highest BCUT2D eigenvalue weighted by Gasteiger charge is 2.29. The lowest BCUT2D eigenvalue weighted by molar-refractivity contribution is -0.126. The molecule has 1 atom stereocenters. The van der Waals surface area contributed by atoms with Crippen molar-refractivity contribution < 1.29 is 9.53 Å². The Morgan fingerprint density at radius 2 is 2.12 bits per heavy atom. The van der Waals surface area contributed by atoms with Crippen molar-refractivity contribution in [2.75, 3.05) is 31.2 Å². The van der Waals surface area contributed by atoms with Crippen LogP contribution in [0.3, 0.4) is 0 Å². The van der Waals surface area contributed by atoms with E-state index < -0.39 is 0 Å². The fourth-order valence-electron chi connectivity index (χ4n) is 3.63. The molecule has 0 aliphatic carbocycles. The molecule has 7 heteroatoms. The Bertz CT molecular complexity index is 710. The highest BCUT2D eigenvalue weighted by molar-refractivity contribution is 5.80. The van der Waals surface area contributed by atoms with Crippen LogP contribution in [0.2, 0.25) is 0 Å². The molecule has 24 heavy (non-hydrogen) atoms. The number of ether oxygens (including phenoxy) is 1. The number of carbonyl (C=O) groups excluding carboxylic acids is 1. The molecule has 2 aromatic heterocycles. The Kier molecular flexibility index (Phi) is 4.34. The predicted molar refractivity (Wildman–Crippen MR) is 89.9 cm³/mol. The number of nitrogens with one attached hydrogen (secondary N) is 1. The Morgan fingerprint density at radius 3 is 3.00 bits per heavy atom. The topological polar surface area (TPSA) is 71.8 Å². The van der Waals surface area contributed by atoms with Crippen LogP contribution in [-0.4, -0.2) is 52.9 Å². The number of amides is 1. The van der Waals surface area contributed by atoms with E-state index in [2.05, 4.69) is 20.3 Å². The average Bonchev–Trinajstić information content (AvgIpc) is 3.11. The lowest BCUT2D eigenvalue weighted by Gasteiger charge is -2.34. The van der Waals surface area contributed by atoms with Crippen LogP contribution >= 0.6 is 0 Å². The lowest BCUT2D eigenvalue weighted by Crippen LogP contribution is -2.47. The number of carbonyl (C=O) groups is 1. The number of hydrogen-bond donors (Lipinski definition) is 1. The molecule has 2 aliphatic rings. The fraction of sp³-hybridized carbons (Fsp3) is 0.588. The minimum absolute atomic E-state index is 0.0200. The summed E-state index contributed by atoms with van der Waals surface area (Å²) in [4.78, 5) is 19.4. The van der Waals surface area contributed by atoms with E-state index in [-0.39, 0.29) is 17.9 Å². The summed E-state index contributed by atoms with van der Waals surface area (Å²) in [6, 6.07) is 2.23. The number of anilines is 1. The third-order valence-electron chi connectivity index (χ3n) is 4.96. The molecule has 1 amide bonds. The van der Waals surface area contributed by atoms with Crippen LogP contribution in [0, 0.1) is 5.92 Å². The van der Waals surface area contributed by atoms with E-state index in [0.717, 1.165) is 56.8 Å². The van der Waals surface area contributed by atoms with Gasteiger partial charge in [-0.1, -0.05) is 0 Å². The molecular formula is C17H23N5O2. The van der Waals surface area contributed by atoms with Gasteiger partial charge in [-0.15, -0.1) is 0 Å². The number of aromatic nitrogens is 3. The first-order chi connectivity index (χ1) is 11.8. The van der Waals surface area contributed by atoms with Gasteiger partial charge in [0.2, 0.25) is 5.91 Å². The summed E-state index contributed by atoms with van der Waals surface area (Å²) < 4.78 is 7.19. The summed E-state index contributed by atoms with van der Waals surface area (Å²) in [6.45, 7) is 3.13. The van der Waals surface area contributed by atoms with E-state index in [9.17, 15) is 4.79 Å². The highest BCUT2D eigenvalue weighted by Crippen LogP contribution is 2.25. The average molecular weight is 329 g/mol. The Hall–Kier alpha value is -2.15. The van der Waals surface area contributed by atoms with Gasteiger partial charge in [-0.2, -0.15) is 5.10 Å². The summed E-state index contributed by atoms with van der Waals surface area (Å²) in [5.41, 5.74) is 0.989. The molecule has 2 saturated heterocycles. The molecule has 1 unspecified atom stereocenters. The number of hydrogen-bond acceptors (Lipinski definition) is 5. The highest BCUT2D eigenvalue weighted by atomic mass is 16.5. The Morgan fingerprint density at radius 1 is 1.25 bits per heavy atom. The van der Waals surface area contributed by atoms with E-state index >= 15 is 0 Å². The molecule has 0 bridgehead atoms. The van der Waals surface area contributed by atoms with Crippen molar-refractivity contribution in [3.05, 3.63) is 24.7 Å². The predicted octanol–water partition coefficient (Wildman–Crippen LogP) is 1.24. The molecular weight excluding hydrogens is 306 g/mol. The zero-order valence-corrected chi connectivity index (χ0v) is 13.7. The van der Waals surface area contributed by atoms with Crippen molar-refractivity contribution in [1.29, 1.82) is 0 Å². The van der Waals surface area contributed by atoms with E-state index in [0.29, 0.717) is 6.54 Å². The van der Waals surface area contributed by atoms with Gasteiger partial charge in [0, 0.05) is 44.7 Å². The minimum Gasteiger partial charge on any atom is -0.381 e. The third-order valence-corrected chi connectivity index (χ3v) is 4.96. The Labute approximate surface area is 141 Å². The SMILES string of the molecule is O=C(NC1CCOCC1)C1CCCN(c2nccn3nccc23)C1. The maximum atomic E-state index is 12.6. The summed E-state index contributed by atoms with van der Waals surface area (Å²) >= 11 is 0. The maximum Gasteiger partial charge on any atom is 0.225 e. The molecule has 0 saturated carbocycles. The van der Waals surface area contributed by atoms with Gasteiger partial charge < -0.3 is 15.0 Å². The van der Waals surface area contributed by atoms with Gasteiger partial charge >= 0.3 is 0 Å². The first kappa shape index (κ1) is 15.4. The van der Waals surface area contributed by atoms with Crippen LogP contribution in [0.5, 0.6) is 0 Å². The largest absolute Gasteiger partial charge is 0.381 e. The summed E-state index contributed by atoms with van der Waals surface area (Å²) in [5.74, 6) is 1.11. The standard InChI is InChI=1S/C17H23N5O2/c23-17(20-14-4-10-24-11-5-14)13-2-1-8-21(12-13)16-15-3-6-19-22(15)9-7-18-16/h3,6-7,9,13-14H,1-2,4-5,8,10-12H2,(H,20,23). The van der Waals surface area contributed by atoms with Crippen LogP contribution in [-0.2, 0) is 9.53 Å². The third kappa shape index (κ3) is 3.08. The van der Waals surface area contributed by atoms with Gasteiger partial charge in [0.05, 0.1) is 12.1 Å². The second-order valence-corrected chi connectivity index (χ2v) is 6.59. The molecule has 0 radical (unpaired) electrons. The number of fused-ring (bicyclic) bond motifs is 1. The van der Waals surface area contributed by atoms with Crippen LogP contribution in [0.15, 0.2) is 24.7 Å². The Balaban J connectivity index is 1.45. The molecule has 4 heterocycles. The van der Waals surface area contributed by atoms with E-state index in [1.807, 2.05) is 16.8 Å². The first-order valence-corrected chi connectivity index (χ1v) is 8.73. The van der Waals surface area contributed by atoms with Crippen molar-refractivity contribution in [3.63, 3.8) is 0 Å². The second kappa shape index (κ2) is 6.76. The van der Waals surface area contributed by atoms with Gasteiger partial charge in [-0.3, -0.25) is 4.79 Å².